The highest BCUT2D eigenvalue weighted by molar-refractivity contribution is 9.10. The number of fused-ring (bicyclic) bond motifs is 1. The summed E-state index contributed by atoms with van der Waals surface area (Å²) in [6.07, 6.45) is 0.780. The van der Waals surface area contributed by atoms with E-state index in [1.54, 1.807) is 11.3 Å². The Morgan fingerprint density at radius 1 is 1.40 bits per heavy atom. The number of aromatic nitrogens is 2. The molecule has 0 radical (unpaired) electrons. The lowest BCUT2D eigenvalue weighted by molar-refractivity contribution is 0.625. The quantitative estimate of drug-likeness (QED) is 0.574. The predicted molar refractivity (Wildman–Crippen MR) is 90.0 cm³/mol. The second-order valence-electron chi connectivity index (χ2n) is 4.70. The van der Waals surface area contributed by atoms with Crippen LogP contribution < -0.4 is 0 Å². The molecule has 3 rings (SSSR count). The number of imidazole rings is 1. The van der Waals surface area contributed by atoms with Crippen LogP contribution in [-0.4, -0.2) is 15.4 Å². The maximum atomic E-state index is 5.94. The molecule has 2 aromatic heterocycles. The van der Waals surface area contributed by atoms with Gasteiger partial charge < -0.3 is 4.57 Å². The summed E-state index contributed by atoms with van der Waals surface area (Å²) in [6, 6.07) is 8.68. The van der Waals surface area contributed by atoms with E-state index in [-0.39, 0.29) is 6.04 Å². The molecule has 0 fully saturated rings. The molecule has 20 heavy (non-hydrogen) atoms. The molecule has 0 saturated carbocycles. The van der Waals surface area contributed by atoms with Gasteiger partial charge in [0.2, 0.25) is 0 Å². The lowest BCUT2D eigenvalue weighted by Gasteiger charge is -2.16. The standard InChI is InChI=1S/C15H14BrClN2S/c1-10(11-5-7-20-9-11)19-14-3-2-12(16)8-13(14)18-15(19)4-6-17/h2-3,5,7-10H,4,6H2,1H3. The zero-order chi connectivity index (χ0) is 14.1. The van der Waals surface area contributed by atoms with Crippen molar-refractivity contribution in [2.24, 2.45) is 0 Å². The van der Waals surface area contributed by atoms with E-state index in [1.165, 1.54) is 5.56 Å². The van der Waals surface area contributed by atoms with Gasteiger partial charge in [0.25, 0.3) is 0 Å². The number of benzene rings is 1. The third-order valence-corrected chi connectivity index (χ3v) is 4.84. The first kappa shape index (κ1) is 14.1. The Labute approximate surface area is 135 Å². The van der Waals surface area contributed by atoms with E-state index in [2.05, 4.69) is 62.4 Å². The van der Waals surface area contributed by atoms with E-state index in [0.717, 1.165) is 27.8 Å². The van der Waals surface area contributed by atoms with Gasteiger partial charge in [-0.05, 0) is 47.5 Å². The maximum Gasteiger partial charge on any atom is 0.111 e. The molecule has 2 heterocycles. The molecule has 1 aromatic carbocycles. The third kappa shape index (κ3) is 2.52. The average molecular weight is 370 g/mol. The van der Waals surface area contributed by atoms with Crippen molar-refractivity contribution in [2.75, 3.05) is 5.88 Å². The minimum atomic E-state index is 0.269. The van der Waals surface area contributed by atoms with Crippen LogP contribution in [0, 0.1) is 0 Å². The number of alkyl halides is 1. The summed E-state index contributed by atoms with van der Waals surface area (Å²) in [5.41, 5.74) is 3.49. The van der Waals surface area contributed by atoms with Gasteiger partial charge >= 0.3 is 0 Å². The normalized spacial score (nSPS) is 12.9. The van der Waals surface area contributed by atoms with Crippen LogP contribution in [0.4, 0.5) is 0 Å². The summed E-state index contributed by atoms with van der Waals surface area (Å²) in [6.45, 7) is 2.21. The largest absolute Gasteiger partial charge is 0.321 e. The van der Waals surface area contributed by atoms with Gasteiger partial charge in [-0.1, -0.05) is 15.9 Å². The van der Waals surface area contributed by atoms with Crippen molar-refractivity contribution in [3.05, 3.63) is 50.9 Å². The molecule has 0 aliphatic rings. The van der Waals surface area contributed by atoms with Gasteiger partial charge in [0.1, 0.15) is 5.82 Å². The number of aryl methyl sites for hydroxylation is 1. The minimum Gasteiger partial charge on any atom is -0.321 e. The number of nitrogens with zero attached hydrogens (tertiary/aromatic N) is 2. The number of rotatable bonds is 4. The molecular weight excluding hydrogens is 356 g/mol. The number of hydrogen-bond acceptors (Lipinski definition) is 2. The molecule has 0 N–H and O–H groups in total. The SMILES string of the molecule is CC(c1ccsc1)n1c(CCCl)nc2cc(Br)ccc21. The molecule has 0 saturated heterocycles. The third-order valence-electron chi connectivity index (χ3n) is 3.46. The van der Waals surface area contributed by atoms with Crippen molar-refractivity contribution in [2.45, 2.75) is 19.4 Å². The lowest BCUT2D eigenvalue weighted by Crippen LogP contribution is -2.10. The number of halogens is 2. The fraction of sp³-hybridized carbons (Fsp3) is 0.267. The molecule has 3 aromatic rings. The first-order chi connectivity index (χ1) is 9.70. The summed E-state index contributed by atoms with van der Waals surface area (Å²) >= 11 is 11.2. The molecule has 1 atom stereocenters. The molecule has 2 nitrogen and oxygen atoms in total. The maximum absolute atomic E-state index is 5.94. The molecule has 0 aliphatic carbocycles. The van der Waals surface area contributed by atoms with Crippen molar-refractivity contribution < 1.29 is 0 Å². The highest BCUT2D eigenvalue weighted by Crippen LogP contribution is 2.29. The molecule has 104 valence electrons. The van der Waals surface area contributed by atoms with Crippen LogP contribution in [0.1, 0.15) is 24.4 Å². The summed E-state index contributed by atoms with van der Waals surface area (Å²) in [5, 5.41) is 4.31. The Morgan fingerprint density at radius 2 is 2.25 bits per heavy atom. The summed E-state index contributed by atoms with van der Waals surface area (Å²) in [5.74, 6) is 1.63. The van der Waals surface area contributed by atoms with Gasteiger partial charge in [-0.2, -0.15) is 11.3 Å². The topological polar surface area (TPSA) is 17.8 Å². The average Bonchev–Trinajstić information content (AvgIpc) is 3.05. The van der Waals surface area contributed by atoms with E-state index < -0.39 is 0 Å². The summed E-state index contributed by atoms with van der Waals surface area (Å²) < 4.78 is 3.35. The zero-order valence-corrected chi connectivity index (χ0v) is 14.2. The zero-order valence-electron chi connectivity index (χ0n) is 11.0. The molecule has 5 heteroatoms. The molecule has 0 spiro atoms. The second kappa shape index (κ2) is 5.88. The second-order valence-corrected chi connectivity index (χ2v) is 6.78. The van der Waals surface area contributed by atoms with Crippen molar-refractivity contribution in [3.63, 3.8) is 0 Å². The van der Waals surface area contributed by atoms with Crippen LogP contribution in [-0.2, 0) is 6.42 Å². The molecule has 0 aliphatic heterocycles. The van der Waals surface area contributed by atoms with Gasteiger partial charge in [-0.15, -0.1) is 11.6 Å². The van der Waals surface area contributed by atoms with Crippen LogP contribution in [0.3, 0.4) is 0 Å². The van der Waals surface area contributed by atoms with Gasteiger partial charge in [-0.25, -0.2) is 4.98 Å². The van der Waals surface area contributed by atoms with E-state index in [9.17, 15) is 0 Å². The highest BCUT2D eigenvalue weighted by atomic mass is 79.9. The molecular formula is C15H14BrClN2S. The number of thiophene rings is 1. The van der Waals surface area contributed by atoms with Crippen LogP contribution in [0.5, 0.6) is 0 Å². The van der Waals surface area contributed by atoms with Crippen molar-refractivity contribution in [3.8, 4) is 0 Å². The Hall–Kier alpha value is -0.840. The molecule has 0 amide bonds. The van der Waals surface area contributed by atoms with Crippen molar-refractivity contribution in [1.82, 2.24) is 9.55 Å². The molecule has 1 unspecified atom stereocenters. The minimum absolute atomic E-state index is 0.269. The summed E-state index contributed by atoms with van der Waals surface area (Å²) in [4.78, 5) is 4.75. The van der Waals surface area contributed by atoms with E-state index >= 15 is 0 Å². The number of hydrogen-bond donors (Lipinski definition) is 0. The van der Waals surface area contributed by atoms with Crippen molar-refractivity contribution >= 4 is 49.9 Å². The van der Waals surface area contributed by atoms with Crippen LogP contribution in [0.15, 0.2) is 39.5 Å². The smallest absolute Gasteiger partial charge is 0.111 e. The van der Waals surface area contributed by atoms with E-state index in [1.807, 2.05) is 0 Å². The fourth-order valence-electron chi connectivity index (χ4n) is 2.48. The monoisotopic (exact) mass is 368 g/mol. The highest BCUT2D eigenvalue weighted by Gasteiger charge is 2.17. The Bertz CT molecular complexity index is 721. The van der Waals surface area contributed by atoms with E-state index in [0.29, 0.717) is 5.88 Å². The fourth-order valence-corrected chi connectivity index (χ4v) is 3.74. The lowest BCUT2D eigenvalue weighted by atomic mass is 10.1. The van der Waals surface area contributed by atoms with Crippen LogP contribution in [0.2, 0.25) is 0 Å². The Balaban J connectivity index is 2.18. The van der Waals surface area contributed by atoms with Gasteiger partial charge in [0, 0.05) is 16.8 Å². The van der Waals surface area contributed by atoms with E-state index in [4.69, 9.17) is 16.6 Å². The first-order valence-corrected chi connectivity index (χ1v) is 8.72. The Kier molecular flexibility index (Phi) is 4.15. The summed E-state index contributed by atoms with van der Waals surface area (Å²) in [7, 11) is 0. The predicted octanol–water partition coefficient (Wildman–Crippen LogP) is 5.25. The Morgan fingerprint density at radius 3 is 2.95 bits per heavy atom. The molecule has 0 bridgehead atoms. The van der Waals surface area contributed by atoms with Gasteiger partial charge in [-0.3, -0.25) is 0 Å². The van der Waals surface area contributed by atoms with Gasteiger partial charge in [0.05, 0.1) is 17.1 Å². The van der Waals surface area contributed by atoms with Crippen LogP contribution in [0.25, 0.3) is 11.0 Å². The first-order valence-electron chi connectivity index (χ1n) is 6.45. The van der Waals surface area contributed by atoms with Gasteiger partial charge in [0.15, 0.2) is 0 Å². The van der Waals surface area contributed by atoms with Crippen LogP contribution >= 0.6 is 38.9 Å². The van der Waals surface area contributed by atoms with Crippen molar-refractivity contribution in [1.29, 1.82) is 0 Å².